The zero-order valence-electron chi connectivity index (χ0n) is 7.99. The van der Waals surface area contributed by atoms with Gasteiger partial charge in [-0.15, -0.1) is 0 Å². The molecule has 0 aromatic heterocycles. The Morgan fingerprint density at radius 3 is 2.50 bits per heavy atom. The molecule has 0 atom stereocenters. The normalized spacial score (nSPS) is 15.1. The van der Waals surface area contributed by atoms with Gasteiger partial charge in [-0.3, -0.25) is 9.59 Å². The molecule has 0 unspecified atom stereocenters. The van der Waals surface area contributed by atoms with Crippen molar-refractivity contribution >= 4 is 11.9 Å². The number of hydrogen-bond donors (Lipinski definition) is 2. The topological polar surface area (TPSA) is 75.6 Å². The molecule has 0 bridgehead atoms. The highest BCUT2D eigenvalue weighted by Crippen LogP contribution is 2.18. The summed E-state index contributed by atoms with van der Waals surface area (Å²) in [6.45, 7) is 0.470. The van der Waals surface area contributed by atoms with Crippen LogP contribution in [0.15, 0.2) is 0 Å². The maximum absolute atomic E-state index is 11.1. The number of aliphatic carboxylic acids is 1. The molecule has 0 radical (unpaired) electrons. The molecule has 14 heavy (non-hydrogen) atoms. The van der Waals surface area contributed by atoms with E-state index >= 15 is 0 Å². The van der Waals surface area contributed by atoms with Crippen LogP contribution in [0.1, 0.15) is 25.7 Å². The van der Waals surface area contributed by atoms with Gasteiger partial charge in [-0.25, -0.2) is 0 Å². The van der Waals surface area contributed by atoms with E-state index in [1.807, 2.05) is 0 Å². The van der Waals surface area contributed by atoms with Crippen LogP contribution in [0, 0.1) is 0 Å². The summed E-state index contributed by atoms with van der Waals surface area (Å²) in [5, 5.41) is 11.1. The first-order valence-corrected chi connectivity index (χ1v) is 4.77. The lowest BCUT2D eigenvalue weighted by atomic mass is 10.4. The fourth-order valence-electron chi connectivity index (χ4n) is 0.954. The molecular formula is C9H15NO4. The van der Waals surface area contributed by atoms with E-state index in [-0.39, 0.29) is 18.9 Å². The first-order chi connectivity index (χ1) is 6.68. The van der Waals surface area contributed by atoms with Crippen LogP contribution < -0.4 is 5.32 Å². The lowest BCUT2D eigenvalue weighted by Crippen LogP contribution is -2.26. The second kappa shape index (κ2) is 5.59. The zero-order chi connectivity index (χ0) is 10.4. The molecule has 0 aromatic rings. The molecule has 1 rings (SSSR count). The van der Waals surface area contributed by atoms with E-state index in [1.54, 1.807) is 0 Å². The van der Waals surface area contributed by atoms with Crippen molar-refractivity contribution in [1.82, 2.24) is 5.32 Å². The number of ether oxygens (including phenoxy) is 1. The Labute approximate surface area is 82.4 Å². The Bertz CT molecular complexity index is 213. The van der Waals surface area contributed by atoms with Gasteiger partial charge in [0.25, 0.3) is 0 Å². The summed E-state index contributed by atoms with van der Waals surface area (Å²) in [6, 6.07) is 0.376. The lowest BCUT2D eigenvalue weighted by Gasteiger charge is -2.03. The van der Waals surface area contributed by atoms with E-state index in [0.29, 0.717) is 19.1 Å². The largest absolute Gasteiger partial charge is 0.481 e. The molecule has 5 nitrogen and oxygen atoms in total. The van der Waals surface area contributed by atoms with Crippen molar-refractivity contribution in [2.75, 3.05) is 13.2 Å². The predicted molar refractivity (Wildman–Crippen MR) is 48.9 cm³/mol. The zero-order valence-corrected chi connectivity index (χ0v) is 7.99. The van der Waals surface area contributed by atoms with Gasteiger partial charge >= 0.3 is 5.97 Å². The molecule has 1 aliphatic rings. The number of carboxylic acid groups (broad SMARTS) is 1. The van der Waals surface area contributed by atoms with Gasteiger partial charge in [0.15, 0.2) is 0 Å². The molecular weight excluding hydrogens is 186 g/mol. The molecule has 1 fully saturated rings. The third-order valence-corrected chi connectivity index (χ3v) is 1.88. The van der Waals surface area contributed by atoms with Gasteiger partial charge in [0.2, 0.25) is 5.91 Å². The van der Waals surface area contributed by atoms with Crippen molar-refractivity contribution in [1.29, 1.82) is 0 Å². The smallest absolute Gasteiger partial charge is 0.305 e. The average molecular weight is 201 g/mol. The number of carbonyl (C=O) groups excluding carboxylic acids is 1. The first kappa shape index (κ1) is 11.0. The van der Waals surface area contributed by atoms with Crippen LogP contribution >= 0.6 is 0 Å². The molecule has 80 valence electrons. The molecule has 5 heteroatoms. The predicted octanol–water partition coefficient (Wildman–Crippen LogP) is 0.146. The van der Waals surface area contributed by atoms with Crippen molar-refractivity contribution in [3.05, 3.63) is 0 Å². The van der Waals surface area contributed by atoms with Gasteiger partial charge in [-0.05, 0) is 12.8 Å². The Hall–Kier alpha value is -1.10. The van der Waals surface area contributed by atoms with Crippen LogP contribution in [0.2, 0.25) is 0 Å². The van der Waals surface area contributed by atoms with Gasteiger partial charge in [0, 0.05) is 12.5 Å². The van der Waals surface area contributed by atoms with E-state index in [9.17, 15) is 9.59 Å². The molecule has 1 saturated carbocycles. The highest BCUT2D eigenvalue weighted by molar-refractivity contribution is 5.76. The molecule has 1 amide bonds. The number of hydrogen-bond acceptors (Lipinski definition) is 3. The summed E-state index contributed by atoms with van der Waals surface area (Å²) in [5.41, 5.74) is 0. The number of carboxylic acids is 1. The molecule has 0 spiro atoms. The van der Waals surface area contributed by atoms with E-state index in [1.165, 1.54) is 0 Å². The average Bonchev–Trinajstić information content (AvgIpc) is 2.87. The summed E-state index contributed by atoms with van der Waals surface area (Å²) in [6.07, 6.45) is 2.46. The Morgan fingerprint density at radius 2 is 1.93 bits per heavy atom. The van der Waals surface area contributed by atoms with E-state index in [0.717, 1.165) is 12.8 Å². The quantitative estimate of drug-likeness (QED) is 0.575. The molecule has 0 heterocycles. The van der Waals surface area contributed by atoms with Crippen LogP contribution in [0.5, 0.6) is 0 Å². The van der Waals surface area contributed by atoms with Crippen LogP contribution in [-0.2, 0) is 14.3 Å². The highest BCUT2D eigenvalue weighted by atomic mass is 16.5. The SMILES string of the molecule is O=C(O)CCOCCC(=O)NC1CC1. The van der Waals surface area contributed by atoms with E-state index in [4.69, 9.17) is 9.84 Å². The second-order valence-electron chi connectivity index (χ2n) is 3.35. The molecule has 0 aromatic carbocycles. The maximum Gasteiger partial charge on any atom is 0.305 e. The standard InChI is InChI=1S/C9H15NO4/c11-8(10-7-1-2-7)3-5-14-6-4-9(12)13/h7H,1-6H2,(H,10,11)(H,12,13). The van der Waals surface area contributed by atoms with Crippen molar-refractivity contribution < 1.29 is 19.4 Å². The highest BCUT2D eigenvalue weighted by Gasteiger charge is 2.22. The minimum atomic E-state index is -0.882. The minimum absolute atomic E-state index is 0.00968. The van der Waals surface area contributed by atoms with Crippen molar-refractivity contribution in [2.24, 2.45) is 0 Å². The van der Waals surface area contributed by atoms with Crippen LogP contribution in [0.25, 0.3) is 0 Å². The van der Waals surface area contributed by atoms with Gasteiger partial charge < -0.3 is 15.2 Å². The van der Waals surface area contributed by atoms with E-state index < -0.39 is 5.97 Å². The van der Waals surface area contributed by atoms with Crippen molar-refractivity contribution in [3.8, 4) is 0 Å². The van der Waals surface area contributed by atoms with Gasteiger partial charge in [-0.1, -0.05) is 0 Å². The first-order valence-electron chi connectivity index (χ1n) is 4.77. The second-order valence-corrected chi connectivity index (χ2v) is 3.35. The number of nitrogens with one attached hydrogen (secondary N) is 1. The fourth-order valence-corrected chi connectivity index (χ4v) is 0.954. The van der Waals surface area contributed by atoms with E-state index in [2.05, 4.69) is 5.32 Å². The number of carbonyl (C=O) groups is 2. The third kappa shape index (κ3) is 5.53. The number of rotatable bonds is 7. The van der Waals surface area contributed by atoms with Gasteiger partial charge in [0.05, 0.1) is 19.6 Å². The van der Waals surface area contributed by atoms with Gasteiger partial charge in [0.1, 0.15) is 0 Å². The fraction of sp³-hybridized carbons (Fsp3) is 0.778. The van der Waals surface area contributed by atoms with Crippen molar-refractivity contribution in [2.45, 2.75) is 31.7 Å². The Morgan fingerprint density at radius 1 is 1.29 bits per heavy atom. The Kier molecular flexibility index (Phi) is 4.39. The maximum atomic E-state index is 11.1. The minimum Gasteiger partial charge on any atom is -0.481 e. The van der Waals surface area contributed by atoms with Crippen LogP contribution in [0.3, 0.4) is 0 Å². The third-order valence-electron chi connectivity index (χ3n) is 1.88. The monoisotopic (exact) mass is 201 g/mol. The summed E-state index contributed by atoms with van der Waals surface area (Å²) < 4.78 is 4.98. The molecule has 0 aliphatic heterocycles. The molecule has 1 aliphatic carbocycles. The van der Waals surface area contributed by atoms with Gasteiger partial charge in [-0.2, -0.15) is 0 Å². The molecule has 2 N–H and O–H groups in total. The Balaban J connectivity index is 1.87. The van der Waals surface area contributed by atoms with Crippen LogP contribution in [-0.4, -0.2) is 36.2 Å². The lowest BCUT2D eigenvalue weighted by molar-refractivity contribution is -0.138. The summed E-state index contributed by atoms with van der Waals surface area (Å²) in [5.74, 6) is -0.893. The van der Waals surface area contributed by atoms with Crippen LogP contribution in [0.4, 0.5) is 0 Å². The summed E-state index contributed by atoms with van der Waals surface area (Å²) in [4.78, 5) is 21.2. The number of amides is 1. The summed E-state index contributed by atoms with van der Waals surface area (Å²) in [7, 11) is 0. The summed E-state index contributed by atoms with van der Waals surface area (Å²) >= 11 is 0. The van der Waals surface area contributed by atoms with Crippen molar-refractivity contribution in [3.63, 3.8) is 0 Å². The molecule has 0 saturated heterocycles.